The number of benzene rings is 2. The minimum Gasteiger partial charge on any atom is -0.352 e. The maximum atomic E-state index is 13.4. The molecule has 0 fully saturated rings. The third-order valence-electron chi connectivity index (χ3n) is 9.24. The van der Waals surface area contributed by atoms with Crippen LogP contribution in [0.2, 0.25) is 0 Å². The molecule has 3 aromatic rings. The summed E-state index contributed by atoms with van der Waals surface area (Å²) in [5.74, 6) is -0.300. The van der Waals surface area contributed by atoms with Gasteiger partial charge in [-0.15, -0.1) is 6.42 Å². The number of aromatic nitrogens is 2. The summed E-state index contributed by atoms with van der Waals surface area (Å²) in [5.41, 5.74) is 1.56. The average molecular weight is 785 g/mol. The molecule has 0 spiro atoms. The summed E-state index contributed by atoms with van der Waals surface area (Å²) >= 11 is 0. The smallest absolute Gasteiger partial charge is 0.323 e. The number of terminal acetylenes is 1. The lowest BCUT2D eigenvalue weighted by molar-refractivity contribution is -0.126. The van der Waals surface area contributed by atoms with Crippen LogP contribution in [0.25, 0.3) is 11.0 Å². The number of hydrogen-bond donors (Lipinski definition) is 6. The van der Waals surface area contributed by atoms with Crippen LogP contribution in [0.5, 0.6) is 0 Å². The number of nitrogens with zero attached hydrogens (tertiary/aromatic N) is 4. The zero-order valence-electron chi connectivity index (χ0n) is 33.8. The molecule has 0 aliphatic heterocycles. The van der Waals surface area contributed by atoms with Crippen molar-refractivity contribution in [3.8, 4) is 12.3 Å². The van der Waals surface area contributed by atoms with Crippen LogP contribution in [0.4, 0.5) is 11.4 Å². The highest BCUT2D eigenvalue weighted by Crippen LogP contribution is 2.18. The van der Waals surface area contributed by atoms with Crippen LogP contribution >= 0.6 is 0 Å². The van der Waals surface area contributed by atoms with E-state index in [0.717, 1.165) is 52.1 Å². The van der Waals surface area contributed by atoms with E-state index in [4.69, 9.17) is 6.42 Å². The number of hydrogen-bond acceptors (Lipinski definition) is 10. The van der Waals surface area contributed by atoms with E-state index in [-0.39, 0.29) is 40.6 Å². The Morgan fingerprint density at radius 3 is 1.88 bits per heavy atom. The van der Waals surface area contributed by atoms with E-state index in [9.17, 15) is 28.8 Å². The third-order valence-corrected chi connectivity index (χ3v) is 9.24. The van der Waals surface area contributed by atoms with Crippen LogP contribution in [0, 0.1) is 12.3 Å². The standard InChI is InChI=1S/C41H56N10O6/c1-8-29(16-15-27(6)48-49-36(28(7)52)40(56)44-32-17-18-34-35(26-32)47-41(57)46-34)39(55)45-33-24-30(37(53)42-19-13-21-50(9-2)10-3)23-31(25-33)38(54)43-20-14-22-51(11-4)12-5/h1,16-18,23-27,36H,9-15,19-22H2,2-7H3,(H,42,53)(H,43,54)(H,44,56)(H,45,55)(H2,46,47,57)/b29-16+,49-48+. The summed E-state index contributed by atoms with van der Waals surface area (Å²) in [6, 6.07) is 7.18. The number of azo groups is 1. The second-order valence-corrected chi connectivity index (χ2v) is 13.4. The van der Waals surface area contributed by atoms with E-state index >= 15 is 0 Å². The maximum absolute atomic E-state index is 13.4. The molecule has 0 saturated heterocycles. The Hall–Kier alpha value is -5.92. The fourth-order valence-corrected chi connectivity index (χ4v) is 5.83. The van der Waals surface area contributed by atoms with Gasteiger partial charge in [-0.3, -0.25) is 24.0 Å². The Kier molecular flexibility index (Phi) is 18.5. The topological polar surface area (TPSA) is 213 Å². The summed E-state index contributed by atoms with van der Waals surface area (Å²) < 4.78 is 0. The SMILES string of the molecule is C#C/C(=C\CC(C)/N=N/C(C(C)=O)C(=O)Nc1ccc2[nH]c(=O)[nH]c2c1)C(=O)Nc1cc(C(=O)NCCCN(CC)CC)cc(C(=O)NCCCN(CC)CC)c1. The van der Waals surface area contributed by atoms with Crippen LogP contribution in [0.1, 0.15) is 81.5 Å². The normalized spacial score (nSPS) is 12.7. The molecule has 4 amide bonds. The third kappa shape index (κ3) is 14.6. The number of H-pyrrole nitrogens is 2. The van der Waals surface area contributed by atoms with Gasteiger partial charge in [0.2, 0.25) is 6.04 Å². The van der Waals surface area contributed by atoms with Gasteiger partial charge < -0.3 is 41.0 Å². The lowest BCUT2D eigenvalue weighted by Gasteiger charge is -2.18. The predicted octanol–water partition coefficient (Wildman–Crippen LogP) is 4.10. The average Bonchev–Trinajstić information content (AvgIpc) is 3.57. The fraction of sp³-hybridized carbons (Fsp3) is 0.463. The predicted molar refractivity (Wildman–Crippen MR) is 222 cm³/mol. The number of rotatable bonds is 23. The molecule has 57 heavy (non-hydrogen) atoms. The van der Waals surface area contributed by atoms with Crippen LogP contribution in [-0.2, 0) is 14.4 Å². The minimum atomic E-state index is -1.44. The molecule has 1 heterocycles. The first-order chi connectivity index (χ1) is 27.3. The van der Waals surface area contributed by atoms with E-state index in [1.807, 2.05) is 0 Å². The van der Waals surface area contributed by atoms with Crippen LogP contribution in [-0.4, -0.2) is 114 Å². The van der Waals surface area contributed by atoms with Gasteiger partial charge in [0.15, 0.2) is 5.78 Å². The molecular weight excluding hydrogens is 729 g/mol. The Morgan fingerprint density at radius 1 is 0.789 bits per heavy atom. The van der Waals surface area contributed by atoms with Gasteiger partial charge in [0.05, 0.1) is 22.6 Å². The first-order valence-electron chi connectivity index (χ1n) is 19.4. The number of imidazole rings is 1. The number of fused-ring (bicyclic) bond motifs is 1. The number of carbonyl (C=O) groups is 5. The van der Waals surface area contributed by atoms with Crippen LogP contribution in [0.15, 0.2) is 63.1 Å². The molecule has 0 radical (unpaired) electrons. The Bertz CT molecular complexity index is 1970. The molecule has 1 aromatic heterocycles. The Morgan fingerprint density at radius 2 is 1.35 bits per heavy atom. The zero-order valence-corrected chi connectivity index (χ0v) is 33.8. The second-order valence-electron chi connectivity index (χ2n) is 13.4. The molecular formula is C41H56N10O6. The minimum absolute atomic E-state index is 0.0373. The van der Waals surface area contributed by atoms with Crippen molar-refractivity contribution in [2.24, 2.45) is 10.2 Å². The molecule has 0 aliphatic carbocycles. The quantitative estimate of drug-likeness (QED) is 0.0270. The number of anilines is 2. The van der Waals surface area contributed by atoms with E-state index in [2.05, 4.69) is 84.9 Å². The van der Waals surface area contributed by atoms with Crippen molar-refractivity contribution in [1.82, 2.24) is 30.4 Å². The van der Waals surface area contributed by atoms with Crippen molar-refractivity contribution in [1.29, 1.82) is 0 Å². The van der Waals surface area contributed by atoms with Crippen molar-refractivity contribution >= 4 is 51.8 Å². The molecule has 16 heteroatoms. The Balaban J connectivity index is 1.71. The number of nitrogens with one attached hydrogen (secondary N) is 6. The van der Waals surface area contributed by atoms with Gasteiger partial charge in [0.25, 0.3) is 23.6 Å². The number of carbonyl (C=O) groups excluding carboxylic acids is 5. The first-order valence-corrected chi connectivity index (χ1v) is 19.4. The van der Waals surface area contributed by atoms with Crippen molar-refractivity contribution in [2.75, 3.05) is 63.0 Å². The first kappa shape index (κ1) is 45.5. The van der Waals surface area contributed by atoms with Crippen molar-refractivity contribution in [3.05, 3.63) is 69.7 Å². The van der Waals surface area contributed by atoms with Crippen LogP contribution < -0.4 is 27.0 Å². The van der Waals surface area contributed by atoms with E-state index in [0.29, 0.717) is 29.8 Å². The fourth-order valence-electron chi connectivity index (χ4n) is 5.83. The molecule has 306 valence electrons. The molecule has 3 rings (SSSR count). The number of Topliss-reactive ketones (excluding diaryl/α,β-unsaturated/α-hetero) is 1. The van der Waals surface area contributed by atoms with Crippen molar-refractivity contribution < 1.29 is 24.0 Å². The summed E-state index contributed by atoms with van der Waals surface area (Å²) in [6.45, 7) is 17.4. The van der Waals surface area contributed by atoms with Gasteiger partial charge >= 0.3 is 5.69 Å². The molecule has 0 saturated carbocycles. The van der Waals surface area contributed by atoms with E-state index < -0.39 is 35.4 Å². The van der Waals surface area contributed by atoms with Gasteiger partial charge in [-0.25, -0.2) is 4.79 Å². The highest BCUT2D eigenvalue weighted by Gasteiger charge is 2.24. The van der Waals surface area contributed by atoms with Crippen LogP contribution in [0.3, 0.4) is 0 Å². The highest BCUT2D eigenvalue weighted by atomic mass is 16.2. The number of amides is 4. The monoisotopic (exact) mass is 784 g/mol. The Labute approximate surface area is 333 Å². The van der Waals surface area contributed by atoms with Crippen molar-refractivity contribution in [3.63, 3.8) is 0 Å². The largest absolute Gasteiger partial charge is 0.352 e. The molecule has 2 aromatic carbocycles. The van der Waals surface area contributed by atoms with Crippen molar-refractivity contribution in [2.45, 2.75) is 72.9 Å². The molecule has 2 atom stereocenters. The molecule has 16 nitrogen and oxygen atoms in total. The summed E-state index contributed by atoms with van der Waals surface area (Å²) in [4.78, 5) is 86.4. The highest BCUT2D eigenvalue weighted by molar-refractivity contribution is 6.11. The van der Waals surface area contributed by atoms with Gasteiger partial charge in [0.1, 0.15) is 0 Å². The van der Waals surface area contributed by atoms with Gasteiger partial charge in [-0.05, 0) is 109 Å². The molecule has 6 N–H and O–H groups in total. The van der Waals surface area contributed by atoms with E-state index in [1.54, 1.807) is 25.1 Å². The van der Waals surface area contributed by atoms with Gasteiger partial charge in [0, 0.05) is 35.6 Å². The zero-order chi connectivity index (χ0) is 41.9. The summed E-state index contributed by atoms with van der Waals surface area (Å²) in [7, 11) is 0. The molecule has 0 aliphatic rings. The molecule has 0 bridgehead atoms. The summed E-state index contributed by atoms with van der Waals surface area (Å²) in [6.07, 6.45) is 8.82. The van der Waals surface area contributed by atoms with E-state index in [1.165, 1.54) is 31.2 Å². The molecule has 2 unspecified atom stereocenters. The van der Waals surface area contributed by atoms with Gasteiger partial charge in [-0.2, -0.15) is 10.2 Å². The summed E-state index contributed by atoms with van der Waals surface area (Å²) in [5, 5.41) is 19.3. The second kappa shape index (κ2) is 23.2. The number of ketones is 1. The number of aromatic amines is 2. The lowest BCUT2D eigenvalue weighted by Crippen LogP contribution is -2.32. The van der Waals surface area contributed by atoms with Gasteiger partial charge in [-0.1, -0.05) is 39.7 Å². The lowest BCUT2D eigenvalue weighted by atomic mass is 10.1. The maximum Gasteiger partial charge on any atom is 0.323 e.